The Morgan fingerprint density at radius 3 is 2.21 bits per heavy atom. The molecular weight excluding hydrogens is 454 g/mol. The van der Waals surface area contributed by atoms with Crippen LogP contribution in [0.2, 0.25) is 0 Å². The van der Waals surface area contributed by atoms with Gasteiger partial charge >= 0.3 is 0 Å². The number of ether oxygens (including phenoxy) is 1. The molecule has 0 saturated heterocycles. The van der Waals surface area contributed by atoms with Crippen LogP contribution in [-0.2, 0) is 26.2 Å². The number of rotatable bonds is 12. The largest absolute Gasteiger partial charge is 0.492 e. The number of nitrogens with zero attached hydrogens (tertiary/aromatic N) is 2. The first kappa shape index (κ1) is 27.2. The van der Waals surface area contributed by atoms with E-state index < -0.39 is 28.5 Å². The van der Waals surface area contributed by atoms with E-state index in [0.717, 1.165) is 16.1 Å². The molecular formula is C25H35N3O5S. The molecule has 0 heterocycles. The molecule has 0 aliphatic carbocycles. The predicted molar refractivity (Wildman–Crippen MR) is 134 cm³/mol. The minimum Gasteiger partial charge on any atom is -0.492 e. The predicted octanol–water partition coefficient (Wildman–Crippen LogP) is 3.04. The summed E-state index contributed by atoms with van der Waals surface area (Å²) in [6.45, 7) is 7.94. The molecule has 34 heavy (non-hydrogen) atoms. The fourth-order valence-electron chi connectivity index (χ4n) is 3.35. The first-order valence-electron chi connectivity index (χ1n) is 11.3. The maximum Gasteiger partial charge on any atom is 0.244 e. The molecule has 2 amide bonds. The van der Waals surface area contributed by atoms with Crippen molar-refractivity contribution in [3.05, 3.63) is 60.2 Å². The van der Waals surface area contributed by atoms with E-state index in [4.69, 9.17) is 4.74 Å². The van der Waals surface area contributed by atoms with Crippen LogP contribution < -0.4 is 14.4 Å². The van der Waals surface area contributed by atoms with Crippen molar-refractivity contribution in [1.29, 1.82) is 0 Å². The van der Waals surface area contributed by atoms with Gasteiger partial charge in [0.2, 0.25) is 21.8 Å². The topological polar surface area (TPSA) is 96.0 Å². The Kier molecular flexibility index (Phi) is 9.92. The van der Waals surface area contributed by atoms with Crippen LogP contribution in [-0.4, -0.2) is 57.1 Å². The van der Waals surface area contributed by atoms with Crippen LogP contribution in [0.25, 0.3) is 0 Å². The lowest BCUT2D eigenvalue weighted by molar-refractivity contribution is -0.139. The van der Waals surface area contributed by atoms with Crippen LogP contribution >= 0.6 is 0 Å². The van der Waals surface area contributed by atoms with Gasteiger partial charge < -0.3 is 15.0 Å². The molecule has 0 fully saturated rings. The Balaban J connectivity index is 2.38. The maximum atomic E-state index is 13.5. The second-order valence-corrected chi connectivity index (χ2v) is 10.4. The van der Waals surface area contributed by atoms with Gasteiger partial charge in [-0.3, -0.25) is 13.9 Å². The molecule has 8 nitrogen and oxygen atoms in total. The summed E-state index contributed by atoms with van der Waals surface area (Å²) >= 11 is 0. The van der Waals surface area contributed by atoms with Crippen molar-refractivity contribution in [3.8, 4) is 5.75 Å². The summed E-state index contributed by atoms with van der Waals surface area (Å²) in [5.74, 6) is -0.169. The van der Waals surface area contributed by atoms with E-state index in [-0.39, 0.29) is 24.1 Å². The summed E-state index contributed by atoms with van der Waals surface area (Å²) in [4.78, 5) is 27.8. The minimum absolute atomic E-state index is 0.167. The molecule has 2 aromatic carbocycles. The van der Waals surface area contributed by atoms with E-state index in [1.165, 1.54) is 4.90 Å². The van der Waals surface area contributed by atoms with Crippen LogP contribution in [0.15, 0.2) is 54.6 Å². The zero-order valence-corrected chi connectivity index (χ0v) is 21.3. The van der Waals surface area contributed by atoms with Crippen molar-refractivity contribution in [2.75, 3.05) is 30.3 Å². The summed E-state index contributed by atoms with van der Waals surface area (Å²) in [6, 6.07) is 15.2. The second-order valence-electron chi connectivity index (χ2n) is 8.49. The molecule has 2 rings (SSSR count). The van der Waals surface area contributed by atoms with Crippen molar-refractivity contribution in [3.63, 3.8) is 0 Å². The second kappa shape index (κ2) is 12.4. The SMILES string of the molecule is CCOc1ccccc1N(CC(=O)N(Cc1ccccc1)[C@@H](C)C(=O)NCC(C)C)S(C)(=O)=O. The molecule has 0 saturated carbocycles. The Labute approximate surface area is 202 Å². The lowest BCUT2D eigenvalue weighted by Crippen LogP contribution is -2.51. The summed E-state index contributed by atoms with van der Waals surface area (Å²) in [5, 5.41) is 2.86. The fraction of sp³-hybridized carbons (Fsp3) is 0.440. The van der Waals surface area contributed by atoms with E-state index >= 15 is 0 Å². The van der Waals surface area contributed by atoms with Gasteiger partial charge in [-0.15, -0.1) is 0 Å². The first-order chi connectivity index (χ1) is 16.0. The Morgan fingerprint density at radius 1 is 1.00 bits per heavy atom. The first-order valence-corrected chi connectivity index (χ1v) is 13.2. The molecule has 0 aliphatic heterocycles. The van der Waals surface area contributed by atoms with E-state index in [0.29, 0.717) is 18.9 Å². The molecule has 0 aromatic heterocycles. The quantitative estimate of drug-likeness (QED) is 0.494. The Morgan fingerprint density at radius 2 is 1.62 bits per heavy atom. The van der Waals surface area contributed by atoms with Crippen LogP contribution in [0.5, 0.6) is 5.75 Å². The third-order valence-electron chi connectivity index (χ3n) is 5.16. The van der Waals surface area contributed by atoms with Gasteiger partial charge in [-0.05, 0) is 37.5 Å². The number of nitrogens with one attached hydrogen (secondary N) is 1. The van der Waals surface area contributed by atoms with Crippen LogP contribution in [0.3, 0.4) is 0 Å². The molecule has 0 spiro atoms. The zero-order chi connectivity index (χ0) is 25.3. The van der Waals surface area contributed by atoms with Crippen molar-refractivity contribution < 1.29 is 22.7 Å². The van der Waals surface area contributed by atoms with Gasteiger partial charge in [-0.25, -0.2) is 8.42 Å². The lowest BCUT2D eigenvalue weighted by Gasteiger charge is -2.32. The molecule has 1 atom stereocenters. The number of sulfonamides is 1. The maximum absolute atomic E-state index is 13.5. The summed E-state index contributed by atoms with van der Waals surface area (Å²) in [7, 11) is -3.82. The van der Waals surface area contributed by atoms with Crippen molar-refractivity contribution in [2.24, 2.45) is 5.92 Å². The highest BCUT2D eigenvalue weighted by molar-refractivity contribution is 7.92. The van der Waals surface area contributed by atoms with Crippen LogP contribution in [0.1, 0.15) is 33.3 Å². The van der Waals surface area contributed by atoms with Crippen LogP contribution in [0.4, 0.5) is 5.69 Å². The van der Waals surface area contributed by atoms with Gasteiger partial charge in [-0.2, -0.15) is 0 Å². The highest BCUT2D eigenvalue weighted by Gasteiger charge is 2.31. The molecule has 9 heteroatoms. The monoisotopic (exact) mass is 489 g/mol. The Bertz CT molecular complexity index is 1060. The zero-order valence-electron chi connectivity index (χ0n) is 20.5. The third kappa shape index (κ3) is 7.76. The van der Waals surface area contributed by atoms with E-state index in [1.807, 2.05) is 44.2 Å². The minimum atomic E-state index is -3.82. The summed E-state index contributed by atoms with van der Waals surface area (Å²) in [5.41, 5.74) is 1.11. The molecule has 0 aliphatic rings. The molecule has 0 unspecified atom stereocenters. The van der Waals surface area contributed by atoms with Gasteiger partial charge in [0.05, 0.1) is 18.6 Å². The number of hydrogen-bond acceptors (Lipinski definition) is 5. The Hall–Kier alpha value is -3.07. The van der Waals surface area contributed by atoms with Gasteiger partial charge in [0, 0.05) is 13.1 Å². The smallest absolute Gasteiger partial charge is 0.244 e. The van der Waals surface area contributed by atoms with Crippen molar-refractivity contribution in [1.82, 2.24) is 10.2 Å². The van der Waals surface area contributed by atoms with E-state index in [9.17, 15) is 18.0 Å². The number of carbonyl (C=O) groups is 2. The highest BCUT2D eigenvalue weighted by atomic mass is 32.2. The van der Waals surface area contributed by atoms with E-state index in [1.54, 1.807) is 38.1 Å². The highest BCUT2D eigenvalue weighted by Crippen LogP contribution is 2.30. The lowest BCUT2D eigenvalue weighted by atomic mass is 10.1. The fourth-order valence-corrected chi connectivity index (χ4v) is 4.20. The third-order valence-corrected chi connectivity index (χ3v) is 6.29. The van der Waals surface area contributed by atoms with Crippen LogP contribution in [0, 0.1) is 5.92 Å². The normalized spacial score (nSPS) is 12.2. The average molecular weight is 490 g/mol. The van der Waals surface area contributed by atoms with Gasteiger partial charge in [-0.1, -0.05) is 56.3 Å². The van der Waals surface area contributed by atoms with Gasteiger partial charge in [0.25, 0.3) is 0 Å². The standard InChI is InChI=1S/C25H35N3O5S/c1-6-33-23-15-11-10-14-22(23)28(34(5,31)32)18-24(29)27(17-21-12-8-7-9-13-21)20(4)25(30)26-16-19(2)3/h7-15,19-20H,6,16-18H2,1-5H3,(H,26,30)/t20-/m0/s1. The van der Waals surface area contributed by atoms with Gasteiger partial charge in [0.15, 0.2) is 0 Å². The number of para-hydroxylation sites is 2. The number of anilines is 1. The average Bonchev–Trinajstić information content (AvgIpc) is 2.79. The number of hydrogen-bond donors (Lipinski definition) is 1. The van der Waals surface area contributed by atoms with Crippen molar-refractivity contribution in [2.45, 2.75) is 40.3 Å². The molecule has 1 N–H and O–H groups in total. The van der Waals surface area contributed by atoms with E-state index in [2.05, 4.69) is 5.32 Å². The summed E-state index contributed by atoms with van der Waals surface area (Å²) in [6.07, 6.45) is 1.04. The number of amides is 2. The van der Waals surface area contributed by atoms with Gasteiger partial charge in [0.1, 0.15) is 18.3 Å². The number of carbonyl (C=O) groups excluding carboxylic acids is 2. The molecule has 0 bridgehead atoms. The molecule has 186 valence electrons. The summed E-state index contributed by atoms with van der Waals surface area (Å²) < 4.78 is 32.0. The molecule has 2 aromatic rings. The number of benzene rings is 2. The molecule has 0 radical (unpaired) electrons. The van der Waals surface area contributed by atoms with Crippen molar-refractivity contribution >= 4 is 27.5 Å².